The van der Waals surface area contributed by atoms with Crippen molar-refractivity contribution >= 4 is 23.2 Å². The summed E-state index contributed by atoms with van der Waals surface area (Å²) in [7, 11) is 0. The molecule has 7 heteroatoms. The molecule has 152 valence electrons. The summed E-state index contributed by atoms with van der Waals surface area (Å²) in [6, 6.07) is 12.0. The van der Waals surface area contributed by atoms with Crippen LogP contribution in [0.4, 0.5) is 10.1 Å². The summed E-state index contributed by atoms with van der Waals surface area (Å²) in [6.45, 7) is 3.07. The lowest BCUT2D eigenvalue weighted by Gasteiger charge is -2.41. The highest BCUT2D eigenvalue weighted by Gasteiger charge is 2.53. The molecule has 3 heterocycles. The molecule has 2 fully saturated rings. The maximum Gasteiger partial charge on any atom is 0.255 e. The number of rotatable bonds is 2. The zero-order valence-electron chi connectivity index (χ0n) is 16.0. The second-order valence-corrected chi connectivity index (χ2v) is 8.84. The lowest BCUT2D eigenvalue weighted by atomic mass is 9.84. The van der Waals surface area contributed by atoms with E-state index in [4.69, 9.17) is 16.3 Å². The van der Waals surface area contributed by atoms with Gasteiger partial charge in [-0.1, -0.05) is 23.7 Å². The lowest BCUT2D eigenvalue weighted by molar-refractivity contribution is -0.0452. The Balaban J connectivity index is 1.25. The molecule has 3 aliphatic heterocycles. The topological polar surface area (TPSA) is 53.6 Å². The molecule has 29 heavy (non-hydrogen) atoms. The summed E-state index contributed by atoms with van der Waals surface area (Å²) >= 11 is 6.03. The summed E-state index contributed by atoms with van der Waals surface area (Å²) in [5, 5.41) is 7.16. The van der Waals surface area contributed by atoms with Crippen LogP contribution in [0.25, 0.3) is 0 Å². The van der Waals surface area contributed by atoms with E-state index in [0.717, 1.165) is 50.1 Å². The van der Waals surface area contributed by atoms with Crippen LogP contribution in [0, 0.1) is 5.82 Å². The first-order valence-electron chi connectivity index (χ1n) is 9.95. The van der Waals surface area contributed by atoms with E-state index >= 15 is 0 Å². The number of carbonyl (C=O) groups excluding carboxylic acids is 1. The molecule has 2 aromatic carbocycles. The van der Waals surface area contributed by atoms with Gasteiger partial charge in [0, 0.05) is 36.8 Å². The summed E-state index contributed by atoms with van der Waals surface area (Å²) in [5.41, 5.74) is 1.67. The summed E-state index contributed by atoms with van der Waals surface area (Å²) in [5.74, 6) is -0.322. The highest BCUT2D eigenvalue weighted by Crippen LogP contribution is 2.43. The number of nitrogens with one attached hydrogen (secondary N) is 2. The molecule has 1 amide bonds. The van der Waals surface area contributed by atoms with Crippen LogP contribution in [-0.2, 0) is 11.3 Å². The molecule has 0 unspecified atom stereocenters. The molecule has 2 spiro atoms. The highest BCUT2D eigenvalue weighted by atomic mass is 35.5. The number of hydrogen-bond donors (Lipinski definition) is 2. The van der Waals surface area contributed by atoms with Crippen LogP contribution in [0.15, 0.2) is 42.5 Å². The molecular formula is C22H23ClFN3O2. The third-order valence-corrected chi connectivity index (χ3v) is 6.52. The Morgan fingerprint density at radius 1 is 1.10 bits per heavy atom. The van der Waals surface area contributed by atoms with Gasteiger partial charge in [0.2, 0.25) is 0 Å². The summed E-state index contributed by atoms with van der Waals surface area (Å²) in [4.78, 5) is 15.0. The molecule has 0 aromatic heterocycles. The number of halogens is 2. The molecule has 0 bridgehead atoms. The number of benzene rings is 2. The number of hydrogen-bond acceptors (Lipinski definition) is 4. The van der Waals surface area contributed by atoms with Crippen molar-refractivity contribution in [3.8, 4) is 0 Å². The minimum atomic E-state index is -0.572. The third-order valence-electron chi connectivity index (χ3n) is 6.29. The van der Waals surface area contributed by atoms with Crippen molar-refractivity contribution in [3.05, 3.63) is 64.4 Å². The van der Waals surface area contributed by atoms with Crippen molar-refractivity contribution in [2.24, 2.45) is 0 Å². The maximum absolute atomic E-state index is 13.1. The molecule has 0 saturated carbocycles. The van der Waals surface area contributed by atoms with Crippen LogP contribution < -0.4 is 10.6 Å². The first kappa shape index (κ1) is 18.9. The molecule has 0 radical (unpaired) electrons. The maximum atomic E-state index is 13.1. The van der Waals surface area contributed by atoms with E-state index in [1.165, 1.54) is 12.1 Å². The molecule has 0 aliphatic carbocycles. The Kier molecular flexibility index (Phi) is 4.53. The molecule has 3 aliphatic rings. The van der Waals surface area contributed by atoms with Crippen LogP contribution in [0.5, 0.6) is 0 Å². The molecule has 2 saturated heterocycles. The molecule has 5 nitrogen and oxygen atoms in total. The summed E-state index contributed by atoms with van der Waals surface area (Å²) in [6.07, 6.45) is 2.54. The standard InChI is InChI=1S/C22H23ClFN3O2/c23-16-3-6-19-18(11-16)20(28)26-22(25-19)13-21(29-14-22)7-9-27(10-8-21)12-15-1-4-17(24)5-2-15/h1-6,11,25H,7-10,12-14H2,(H,26,28)/t22-/m1/s1. The van der Waals surface area contributed by atoms with E-state index in [0.29, 0.717) is 17.2 Å². The van der Waals surface area contributed by atoms with Crippen LogP contribution in [-0.4, -0.2) is 41.8 Å². The third kappa shape index (κ3) is 3.61. The molecule has 5 rings (SSSR count). The number of amides is 1. The highest BCUT2D eigenvalue weighted by molar-refractivity contribution is 6.31. The minimum Gasteiger partial charge on any atom is -0.370 e. The Hall–Kier alpha value is -2.15. The fourth-order valence-electron chi connectivity index (χ4n) is 4.76. The predicted molar refractivity (Wildman–Crippen MR) is 109 cm³/mol. The van der Waals surface area contributed by atoms with Crippen molar-refractivity contribution in [1.29, 1.82) is 0 Å². The van der Waals surface area contributed by atoms with Gasteiger partial charge in [-0.15, -0.1) is 0 Å². The predicted octanol–water partition coefficient (Wildman–Crippen LogP) is 3.79. The van der Waals surface area contributed by atoms with E-state index in [-0.39, 0.29) is 17.3 Å². The van der Waals surface area contributed by atoms with Gasteiger partial charge in [0.1, 0.15) is 11.5 Å². The number of piperidine rings is 1. The Morgan fingerprint density at radius 3 is 2.62 bits per heavy atom. The van der Waals surface area contributed by atoms with Crippen LogP contribution in [0.1, 0.15) is 35.2 Å². The normalized spacial score (nSPS) is 25.7. The average Bonchev–Trinajstić information content (AvgIpc) is 3.04. The first-order chi connectivity index (χ1) is 13.9. The largest absolute Gasteiger partial charge is 0.370 e. The zero-order valence-corrected chi connectivity index (χ0v) is 16.8. The fraction of sp³-hybridized carbons (Fsp3) is 0.409. The van der Waals surface area contributed by atoms with Gasteiger partial charge in [0.15, 0.2) is 0 Å². The van der Waals surface area contributed by atoms with Crippen molar-refractivity contribution in [2.45, 2.75) is 37.1 Å². The van der Waals surface area contributed by atoms with E-state index in [1.807, 2.05) is 18.2 Å². The monoisotopic (exact) mass is 415 g/mol. The van der Waals surface area contributed by atoms with E-state index in [2.05, 4.69) is 15.5 Å². The van der Waals surface area contributed by atoms with E-state index in [1.54, 1.807) is 12.1 Å². The van der Waals surface area contributed by atoms with Gasteiger partial charge in [-0.25, -0.2) is 4.39 Å². The van der Waals surface area contributed by atoms with Crippen molar-refractivity contribution in [1.82, 2.24) is 10.2 Å². The quantitative estimate of drug-likeness (QED) is 0.783. The first-order valence-corrected chi connectivity index (χ1v) is 10.3. The van der Waals surface area contributed by atoms with Crippen molar-refractivity contribution in [2.75, 3.05) is 25.0 Å². The summed E-state index contributed by atoms with van der Waals surface area (Å²) < 4.78 is 19.4. The van der Waals surface area contributed by atoms with Gasteiger partial charge in [-0.3, -0.25) is 9.69 Å². The Bertz CT molecular complexity index is 944. The molecule has 2 aromatic rings. The Labute approximate surface area is 174 Å². The number of nitrogens with zero attached hydrogens (tertiary/aromatic N) is 1. The van der Waals surface area contributed by atoms with E-state index in [9.17, 15) is 9.18 Å². The number of carbonyl (C=O) groups is 1. The van der Waals surface area contributed by atoms with Gasteiger partial charge in [-0.2, -0.15) is 0 Å². The smallest absolute Gasteiger partial charge is 0.255 e. The van der Waals surface area contributed by atoms with Gasteiger partial charge in [-0.05, 0) is 48.7 Å². The second-order valence-electron chi connectivity index (χ2n) is 8.40. The van der Waals surface area contributed by atoms with Gasteiger partial charge >= 0.3 is 0 Å². The van der Waals surface area contributed by atoms with E-state index < -0.39 is 5.66 Å². The number of ether oxygens (including phenoxy) is 1. The van der Waals surface area contributed by atoms with Crippen LogP contribution >= 0.6 is 11.6 Å². The molecule has 1 atom stereocenters. The van der Waals surface area contributed by atoms with Crippen LogP contribution in [0.2, 0.25) is 5.02 Å². The van der Waals surface area contributed by atoms with Gasteiger partial charge < -0.3 is 15.4 Å². The number of anilines is 1. The number of likely N-dealkylation sites (tertiary alicyclic amines) is 1. The molecular weight excluding hydrogens is 393 g/mol. The van der Waals surface area contributed by atoms with Crippen molar-refractivity contribution in [3.63, 3.8) is 0 Å². The van der Waals surface area contributed by atoms with Crippen LogP contribution in [0.3, 0.4) is 0 Å². The minimum absolute atomic E-state index is 0.115. The number of fused-ring (bicyclic) bond motifs is 1. The van der Waals surface area contributed by atoms with Gasteiger partial charge in [0.25, 0.3) is 5.91 Å². The van der Waals surface area contributed by atoms with Crippen molar-refractivity contribution < 1.29 is 13.9 Å². The molecule has 2 N–H and O–H groups in total. The second kappa shape index (κ2) is 6.97. The average molecular weight is 416 g/mol. The zero-order chi connectivity index (χ0) is 20.1. The fourth-order valence-corrected chi connectivity index (χ4v) is 4.94. The SMILES string of the molecule is O=C1N[C@]2(COC3(CCN(Cc4ccc(F)cc4)CC3)C2)Nc2ccc(Cl)cc21. The Morgan fingerprint density at radius 2 is 1.86 bits per heavy atom. The van der Waals surface area contributed by atoms with Gasteiger partial charge in [0.05, 0.1) is 17.8 Å². The lowest BCUT2D eigenvalue weighted by Crippen LogP contribution is -2.59.